The van der Waals surface area contributed by atoms with E-state index in [0.717, 1.165) is 10.0 Å². The minimum Gasteiger partial charge on any atom is -0.497 e. The Kier molecular flexibility index (Phi) is 4.24. The first kappa shape index (κ1) is 14.3. The van der Waals surface area contributed by atoms with Crippen LogP contribution in [0, 0.1) is 12.3 Å². The molecule has 0 aliphatic carbocycles. The molecule has 0 aliphatic rings. The SMILES string of the molecule is COc1ccc(Oc2nccc(C)c2C(=N)N)c(Br)c1. The van der Waals surface area contributed by atoms with E-state index in [1.807, 2.05) is 6.92 Å². The molecule has 0 fully saturated rings. The standard InChI is InChI=1S/C14H14BrN3O2/c1-8-5-6-18-14(12(8)13(16)17)20-11-4-3-9(19-2)7-10(11)15/h3-7H,1-2H3,(H3,16,17). The van der Waals surface area contributed by atoms with Crippen molar-refractivity contribution in [3.63, 3.8) is 0 Å². The van der Waals surface area contributed by atoms with Crippen molar-refractivity contribution in [1.82, 2.24) is 4.98 Å². The first-order chi connectivity index (χ1) is 9.52. The van der Waals surface area contributed by atoms with Crippen LogP contribution in [0.25, 0.3) is 0 Å². The van der Waals surface area contributed by atoms with Crippen LogP contribution in [0.2, 0.25) is 0 Å². The smallest absolute Gasteiger partial charge is 0.230 e. The molecule has 1 aromatic heterocycles. The molecular weight excluding hydrogens is 322 g/mol. The maximum atomic E-state index is 7.63. The van der Waals surface area contributed by atoms with E-state index in [9.17, 15) is 0 Å². The number of ether oxygens (including phenoxy) is 2. The molecule has 1 aromatic carbocycles. The van der Waals surface area contributed by atoms with E-state index in [1.165, 1.54) is 0 Å². The second-order valence-electron chi connectivity index (χ2n) is 4.12. The van der Waals surface area contributed by atoms with Gasteiger partial charge >= 0.3 is 0 Å². The molecule has 0 bridgehead atoms. The lowest BCUT2D eigenvalue weighted by Gasteiger charge is -2.12. The second-order valence-corrected chi connectivity index (χ2v) is 4.97. The molecule has 0 aliphatic heterocycles. The van der Waals surface area contributed by atoms with Gasteiger partial charge in [-0.05, 0) is 52.7 Å². The number of nitrogens with one attached hydrogen (secondary N) is 1. The molecule has 2 rings (SSSR count). The molecule has 0 spiro atoms. The van der Waals surface area contributed by atoms with Crippen LogP contribution in [0.5, 0.6) is 17.4 Å². The molecule has 6 heteroatoms. The minimum absolute atomic E-state index is 0.0739. The van der Waals surface area contributed by atoms with Gasteiger partial charge in [0.2, 0.25) is 5.88 Å². The molecule has 0 saturated carbocycles. The van der Waals surface area contributed by atoms with Crippen molar-refractivity contribution < 1.29 is 9.47 Å². The van der Waals surface area contributed by atoms with Crippen LogP contribution in [-0.4, -0.2) is 17.9 Å². The Morgan fingerprint density at radius 3 is 2.70 bits per heavy atom. The summed E-state index contributed by atoms with van der Waals surface area (Å²) in [6.07, 6.45) is 1.62. The number of rotatable bonds is 4. The minimum atomic E-state index is -0.0739. The van der Waals surface area contributed by atoms with Gasteiger partial charge in [-0.15, -0.1) is 0 Å². The van der Waals surface area contributed by atoms with Gasteiger partial charge in [-0.1, -0.05) is 0 Å². The summed E-state index contributed by atoms with van der Waals surface area (Å²) < 4.78 is 11.6. The number of hydrogen-bond acceptors (Lipinski definition) is 4. The summed E-state index contributed by atoms with van der Waals surface area (Å²) in [7, 11) is 1.60. The van der Waals surface area contributed by atoms with Crippen molar-refractivity contribution in [2.24, 2.45) is 5.73 Å². The normalized spacial score (nSPS) is 10.2. The van der Waals surface area contributed by atoms with Gasteiger partial charge in [-0.2, -0.15) is 0 Å². The number of amidine groups is 1. The average molecular weight is 336 g/mol. The number of aromatic nitrogens is 1. The number of halogens is 1. The third-order valence-corrected chi connectivity index (χ3v) is 3.36. The number of nitrogens with two attached hydrogens (primary N) is 1. The second kappa shape index (κ2) is 5.92. The van der Waals surface area contributed by atoms with E-state index in [2.05, 4.69) is 20.9 Å². The maximum absolute atomic E-state index is 7.63. The molecule has 20 heavy (non-hydrogen) atoms. The van der Waals surface area contributed by atoms with Crippen molar-refractivity contribution in [2.45, 2.75) is 6.92 Å². The third kappa shape index (κ3) is 2.91. The number of aryl methyl sites for hydroxylation is 1. The zero-order valence-electron chi connectivity index (χ0n) is 11.1. The molecule has 5 nitrogen and oxygen atoms in total. The van der Waals surface area contributed by atoms with Crippen LogP contribution in [-0.2, 0) is 0 Å². The van der Waals surface area contributed by atoms with E-state index < -0.39 is 0 Å². The van der Waals surface area contributed by atoms with E-state index in [-0.39, 0.29) is 5.84 Å². The fourth-order valence-corrected chi connectivity index (χ4v) is 2.17. The summed E-state index contributed by atoms with van der Waals surface area (Å²) in [6, 6.07) is 7.12. The Balaban J connectivity index is 2.40. The van der Waals surface area contributed by atoms with Crippen LogP contribution >= 0.6 is 15.9 Å². The average Bonchev–Trinajstić information content (AvgIpc) is 2.40. The van der Waals surface area contributed by atoms with Crippen LogP contribution in [0.1, 0.15) is 11.1 Å². The van der Waals surface area contributed by atoms with Crippen molar-refractivity contribution in [2.75, 3.05) is 7.11 Å². The molecule has 2 aromatic rings. The summed E-state index contributed by atoms with van der Waals surface area (Å²) in [5.41, 5.74) is 6.92. The monoisotopic (exact) mass is 335 g/mol. The fourth-order valence-electron chi connectivity index (χ4n) is 1.73. The van der Waals surface area contributed by atoms with E-state index in [0.29, 0.717) is 22.9 Å². The number of nitrogen functional groups attached to an aromatic ring is 1. The zero-order valence-corrected chi connectivity index (χ0v) is 12.7. The third-order valence-electron chi connectivity index (χ3n) is 2.74. The Morgan fingerprint density at radius 1 is 1.35 bits per heavy atom. The number of methoxy groups -OCH3 is 1. The van der Waals surface area contributed by atoms with E-state index in [1.54, 1.807) is 37.6 Å². The topological polar surface area (TPSA) is 81.2 Å². The van der Waals surface area contributed by atoms with Gasteiger partial charge in [0.15, 0.2) is 0 Å². The largest absolute Gasteiger partial charge is 0.497 e. The molecule has 0 amide bonds. The van der Waals surface area contributed by atoms with Crippen LogP contribution in [0.4, 0.5) is 0 Å². The Bertz CT molecular complexity index is 659. The van der Waals surface area contributed by atoms with Gasteiger partial charge in [0.25, 0.3) is 0 Å². The predicted octanol–water partition coefficient (Wildman–Crippen LogP) is 3.24. The van der Waals surface area contributed by atoms with Gasteiger partial charge in [0.05, 0.1) is 17.1 Å². The van der Waals surface area contributed by atoms with Gasteiger partial charge in [-0.3, -0.25) is 5.41 Å². The summed E-state index contributed by atoms with van der Waals surface area (Å²) >= 11 is 3.41. The van der Waals surface area contributed by atoms with Crippen molar-refractivity contribution >= 4 is 21.8 Å². The summed E-state index contributed by atoms with van der Waals surface area (Å²) in [5, 5.41) is 7.63. The molecule has 0 unspecified atom stereocenters. The molecule has 1 heterocycles. The van der Waals surface area contributed by atoms with Crippen LogP contribution < -0.4 is 15.2 Å². The van der Waals surface area contributed by atoms with Crippen molar-refractivity contribution in [3.05, 3.63) is 46.1 Å². The zero-order chi connectivity index (χ0) is 14.7. The summed E-state index contributed by atoms with van der Waals surface area (Å²) in [6.45, 7) is 1.86. The number of nitrogens with zero attached hydrogens (tertiary/aromatic N) is 1. The molecule has 0 radical (unpaired) electrons. The van der Waals surface area contributed by atoms with Gasteiger partial charge in [-0.25, -0.2) is 4.98 Å². The lowest BCUT2D eigenvalue weighted by molar-refractivity contribution is 0.411. The highest BCUT2D eigenvalue weighted by atomic mass is 79.9. The highest BCUT2D eigenvalue weighted by molar-refractivity contribution is 9.10. The summed E-state index contributed by atoms with van der Waals surface area (Å²) in [5.74, 6) is 1.53. The first-order valence-electron chi connectivity index (χ1n) is 5.84. The molecule has 0 atom stereocenters. The molecule has 3 N–H and O–H groups in total. The highest BCUT2D eigenvalue weighted by Crippen LogP contribution is 2.33. The Hall–Kier alpha value is -2.08. The molecule has 104 valence electrons. The molecule has 0 saturated heterocycles. The Labute approximate surface area is 125 Å². The number of pyridine rings is 1. The van der Waals surface area contributed by atoms with Gasteiger partial charge in [0.1, 0.15) is 17.3 Å². The number of benzene rings is 1. The molecular formula is C14H14BrN3O2. The van der Waals surface area contributed by atoms with Crippen molar-refractivity contribution in [3.8, 4) is 17.4 Å². The lowest BCUT2D eigenvalue weighted by Crippen LogP contribution is -2.14. The maximum Gasteiger partial charge on any atom is 0.230 e. The summed E-state index contributed by atoms with van der Waals surface area (Å²) in [4.78, 5) is 4.14. The Morgan fingerprint density at radius 2 is 2.10 bits per heavy atom. The first-order valence-corrected chi connectivity index (χ1v) is 6.63. The fraction of sp³-hybridized carbons (Fsp3) is 0.143. The number of hydrogen-bond donors (Lipinski definition) is 2. The predicted molar refractivity (Wildman–Crippen MR) is 80.8 cm³/mol. The van der Waals surface area contributed by atoms with Gasteiger partial charge in [0, 0.05) is 6.20 Å². The van der Waals surface area contributed by atoms with Crippen molar-refractivity contribution in [1.29, 1.82) is 5.41 Å². The quantitative estimate of drug-likeness (QED) is 0.663. The lowest BCUT2D eigenvalue weighted by atomic mass is 10.1. The van der Waals surface area contributed by atoms with E-state index in [4.69, 9.17) is 20.6 Å². The van der Waals surface area contributed by atoms with E-state index >= 15 is 0 Å². The highest BCUT2D eigenvalue weighted by Gasteiger charge is 2.14. The van der Waals surface area contributed by atoms with Crippen LogP contribution in [0.3, 0.4) is 0 Å². The van der Waals surface area contributed by atoms with Gasteiger partial charge < -0.3 is 15.2 Å². The van der Waals surface area contributed by atoms with Crippen LogP contribution in [0.15, 0.2) is 34.9 Å².